The van der Waals surface area contributed by atoms with E-state index in [1.807, 2.05) is 54.6 Å². The van der Waals surface area contributed by atoms with Gasteiger partial charge in [0.25, 0.3) is 0 Å². The molecule has 0 spiro atoms. The van der Waals surface area contributed by atoms with Crippen LogP contribution in [0.25, 0.3) is 51.0 Å². The molecule has 0 aliphatic carbocycles. The first-order chi connectivity index (χ1) is 19.3. The number of alkyl halides is 3. The van der Waals surface area contributed by atoms with Crippen LogP contribution in [-0.2, 0) is 6.18 Å². The Kier molecular flexibility index (Phi) is 6.89. The Hall–Kier alpha value is -4.02. The van der Waals surface area contributed by atoms with E-state index in [0.717, 1.165) is 26.1 Å². The van der Waals surface area contributed by atoms with Crippen LogP contribution in [0.2, 0.25) is 0 Å². The van der Waals surface area contributed by atoms with Crippen molar-refractivity contribution in [2.45, 2.75) is 6.18 Å². The fourth-order valence-corrected chi connectivity index (χ4v) is 4.82. The van der Waals surface area contributed by atoms with Gasteiger partial charge >= 0.3 is 6.18 Å². The first-order valence-corrected chi connectivity index (χ1v) is 13.6. The summed E-state index contributed by atoms with van der Waals surface area (Å²) in [4.78, 5) is 4.84. The lowest BCUT2D eigenvalue weighted by Crippen LogP contribution is -2.06. The fraction of sp³-hybridized carbons (Fsp3) is 0.0333. The molecule has 0 aliphatic rings. The predicted octanol–water partition coefficient (Wildman–Crippen LogP) is 9.47. The molecule has 0 aliphatic heterocycles. The summed E-state index contributed by atoms with van der Waals surface area (Å²) in [5, 5.41) is 8.11. The number of aromatic nitrogens is 4. The van der Waals surface area contributed by atoms with Crippen LogP contribution in [0.1, 0.15) is 5.56 Å². The molecule has 4 aromatic carbocycles. The molecule has 0 bridgehead atoms. The maximum absolute atomic E-state index is 13.5. The lowest BCUT2D eigenvalue weighted by molar-refractivity contribution is -0.137. The maximum Gasteiger partial charge on any atom is 0.417 e. The number of halogens is 5. The van der Waals surface area contributed by atoms with Crippen LogP contribution in [0, 0.1) is 0 Å². The monoisotopic (exact) mass is 664 g/mol. The first kappa shape index (κ1) is 26.2. The van der Waals surface area contributed by atoms with Gasteiger partial charge in [0.15, 0.2) is 5.76 Å². The number of benzene rings is 4. The van der Waals surface area contributed by atoms with Crippen LogP contribution in [0.4, 0.5) is 13.2 Å². The molecular formula is C30H17Br2F3N4O. The smallest absolute Gasteiger partial charge is 0.417 e. The first-order valence-electron chi connectivity index (χ1n) is 12.0. The zero-order valence-electron chi connectivity index (χ0n) is 20.4. The molecule has 10 heteroatoms. The number of hydrogen-bond acceptors (Lipinski definition) is 4. The van der Waals surface area contributed by atoms with E-state index in [1.54, 1.807) is 24.3 Å². The molecule has 0 amide bonds. The summed E-state index contributed by atoms with van der Waals surface area (Å²) in [5.41, 5.74) is 3.00. The molecular weight excluding hydrogens is 649 g/mol. The van der Waals surface area contributed by atoms with Gasteiger partial charge in [-0.05, 0) is 48.5 Å². The van der Waals surface area contributed by atoms with Crippen molar-refractivity contribution in [3.05, 3.63) is 118 Å². The average Bonchev–Trinajstić information content (AvgIpc) is 3.62. The quantitative estimate of drug-likeness (QED) is 0.184. The SMILES string of the molecule is FC(F)(F)c1ccccc1-c1cn(-c2cccc(-c3nc(-c4ccc(Br)cc4)c(-c4ccc(Br)cc4)o3)c2)nn1. The summed E-state index contributed by atoms with van der Waals surface area (Å²) in [6.07, 6.45) is -3.04. The second-order valence-corrected chi connectivity index (χ2v) is 10.7. The van der Waals surface area contributed by atoms with Gasteiger partial charge in [0, 0.05) is 31.2 Å². The van der Waals surface area contributed by atoms with Gasteiger partial charge < -0.3 is 4.42 Å². The van der Waals surface area contributed by atoms with Gasteiger partial charge in [-0.3, -0.25) is 0 Å². The van der Waals surface area contributed by atoms with Crippen molar-refractivity contribution in [2.24, 2.45) is 0 Å². The van der Waals surface area contributed by atoms with Crippen molar-refractivity contribution in [3.8, 4) is 51.0 Å². The van der Waals surface area contributed by atoms with Crippen molar-refractivity contribution in [2.75, 3.05) is 0 Å². The Morgan fingerprint density at radius 1 is 0.725 bits per heavy atom. The van der Waals surface area contributed by atoms with Crippen molar-refractivity contribution in [3.63, 3.8) is 0 Å². The molecule has 2 aromatic heterocycles. The van der Waals surface area contributed by atoms with Crippen LogP contribution < -0.4 is 0 Å². The summed E-state index contributed by atoms with van der Waals surface area (Å²) in [5.74, 6) is 1.00. The molecule has 0 unspecified atom stereocenters. The standard InChI is InChI=1S/C30H17Br2F3N4O/c31-21-12-8-18(9-13-21)27-28(19-10-14-22(32)15-11-19)40-29(36-27)20-4-3-5-23(16-20)39-17-26(37-38-39)24-6-1-2-7-25(24)30(33,34)35/h1-17H. The zero-order chi connectivity index (χ0) is 27.9. The summed E-state index contributed by atoms with van der Waals surface area (Å²) in [6, 6.07) is 28.1. The second kappa shape index (κ2) is 10.5. The minimum atomic E-state index is -4.51. The molecule has 5 nitrogen and oxygen atoms in total. The molecule has 2 heterocycles. The van der Waals surface area contributed by atoms with Gasteiger partial charge in [0.05, 0.1) is 17.4 Å². The topological polar surface area (TPSA) is 56.7 Å². The largest absolute Gasteiger partial charge is 0.435 e. The van der Waals surface area contributed by atoms with Crippen LogP contribution in [0.5, 0.6) is 0 Å². The third-order valence-electron chi connectivity index (χ3n) is 6.21. The lowest BCUT2D eigenvalue weighted by Gasteiger charge is -2.10. The van der Waals surface area contributed by atoms with E-state index in [1.165, 1.54) is 23.0 Å². The summed E-state index contributed by atoms with van der Waals surface area (Å²) >= 11 is 6.94. The molecule has 0 saturated carbocycles. The third-order valence-corrected chi connectivity index (χ3v) is 7.27. The van der Waals surface area contributed by atoms with Gasteiger partial charge in [0.2, 0.25) is 5.89 Å². The molecule has 0 saturated heterocycles. The van der Waals surface area contributed by atoms with Crippen LogP contribution >= 0.6 is 31.9 Å². The second-order valence-electron chi connectivity index (χ2n) is 8.85. The Morgan fingerprint density at radius 3 is 2.10 bits per heavy atom. The van der Waals surface area contributed by atoms with Gasteiger partial charge in [-0.2, -0.15) is 13.2 Å². The van der Waals surface area contributed by atoms with Gasteiger partial charge in [-0.15, -0.1) is 5.10 Å². The molecule has 0 atom stereocenters. The Labute approximate surface area is 243 Å². The molecule has 6 rings (SSSR count). The summed E-state index contributed by atoms with van der Waals surface area (Å²) in [7, 11) is 0. The lowest BCUT2D eigenvalue weighted by atomic mass is 10.0. The Morgan fingerprint density at radius 2 is 1.40 bits per heavy atom. The highest BCUT2D eigenvalue weighted by Gasteiger charge is 2.34. The van der Waals surface area contributed by atoms with Crippen molar-refractivity contribution < 1.29 is 17.6 Å². The van der Waals surface area contributed by atoms with E-state index in [-0.39, 0.29) is 11.3 Å². The van der Waals surface area contributed by atoms with Crippen LogP contribution in [0.3, 0.4) is 0 Å². The maximum atomic E-state index is 13.5. The third kappa shape index (κ3) is 5.24. The van der Waals surface area contributed by atoms with Gasteiger partial charge in [-0.25, -0.2) is 9.67 Å². The molecule has 198 valence electrons. The van der Waals surface area contributed by atoms with E-state index in [9.17, 15) is 13.2 Å². The molecule has 0 fully saturated rings. The summed E-state index contributed by atoms with van der Waals surface area (Å²) in [6.45, 7) is 0. The zero-order valence-corrected chi connectivity index (χ0v) is 23.6. The molecule has 40 heavy (non-hydrogen) atoms. The minimum absolute atomic E-state index is 0.0385. The number of rotatable bonds is 5. The summed E-state index contributed by atoms with van der Waals surface area (Å²) < 4.78 is 50.3. The van der Waals surface area contributed by atoms with E-state index < -0.39 is 11.7 Å². The Bertz CT molecular complexity index is 1750. The van der Waals surface area contributed by atoms with Crippen molar-refractivity contribution in [1.29, 1.82) is 0 Å². The van der Waals surface area contributed by atoms with Crippen molar-refractivity contribution >= 4 is 31.9 Å². The minimum Gasteiger partial charge on any atom is -0.435 e. The van der Waals surface area contributed by atoms with E-state index in [0.29, 0.717) is 28.6 Å². The van der Waals surface area contributed by atoms with Gasteiger partial charge in [0.1, 0.15) is 11.4 Å². The van der Waals surface area contributed by atoms with E-state index in [2.05, 4.69) is 42.2 Å². The highest BCUT2D eigenvalue weighted by Crippen LogP contribution is 2.38. The number of oxazole rings is 1. The van der Waals surface area contributed by atoms with Gasteiger partial charge in [-0.1, -0.05) is 85.6 Å². The normalized spacial score (nSPS) is 11.6. The van der Waals surface area contributed by atoms with Crippen LogP contribution in [0.15, 0.2) is 117 Å². The number of hydrogen-bond donors (Lipinski definition) is 0. The van der Waals surface area contributed by atoms with Crippen molar-refractivity contribution in [1.82, 2.24) is 20.0 Å². The number of nitrogens with zero attached hydrogens (tertiary/aromatic N) is 4. The van der Waals surface area contributed by atoms with E-state index >= 15 is 0 Å². The molecule has 0 radical (unpaired) electrons. The fourth-order valence-electron chi connectivity index (χ4n) is 4.29. The van der Waals surface area contributed by atoms with Crippen LogP contribution in [-0.4, -0.2) is 20.0 Å². The molecule has 6 aromatic rings. The molecule has 0 N–H and O–H groups in total. The average molecular weight is 666 g/mol. The highest BCUT2D eigenvalue weighted by molar-refractivity contribution is 9.10. The Balaban J connectivity index is 1.40. The predicted molar refractivity (Wildman–Crippen MR) is 154 cm³/mol. The highest BCUT2D eigenvalue weighted by atomic mass is 79.9. The van der Waals surface area contributed by atoms with E-state index in [4.69, 9.17) is 9.40 Å².